The zero-order chi connectivity index (χ0) is 28.6. The molecule has 0 aliphatic rings. The molecule has 0 saturated heterocycles. The Labute approximate surface area is 228 Å². The Morgan fingerprint density at radius 2 is 1.63 bits per heavy atom. The molecule has 0 bridgehead atoms. The highest BCUT2D eigenvalue weighted by molar-refractivity contribution is 5.82. The summed E-state index contributed by atoms with van der Waals surface area (Å²) < 4.78 is 52.0. The van der Waals surface area contributed by atoms with Gasteiger partial charge in [-0.25, -0.2) is 4.98 Å². The number of hydrogen-bond acceptors (Lipinski definition) is 8. The van der Waals surface area contributed by atoms with Crippen LogP contribution in [0.2, 0.25) is 0 Å². The largest absolute Gasteiger partial charge is 0.422 e. The maximum Gasteiger partial charge on any atom is 0.422 e. The molecule has 0 unspecified atom stereocenters. The number of benzene rings is 3. The van der Waals surface area contributed by atoms with Crippen molar-refractivity contribution in [3.05, 3.63) is 95.8 Å². The molecule has 0 aliphatic heterocycles. The van der Waals surface area contributed by atoms with Crippen molar-refractivity contribution >= 4 is 16.9 Å². The van der Waals surface area contributed by atoms with Gasteiger partial charge in [0.1, 0.15) is 17.1 Å². The summed E-state index contributed by atoms with van der Waals surface area (Å²) >= 11 is 0. The fourth-order valence-corrected chi connectivity index (χ4v) is 4.25. The van der Waals surface area contributed by atoms with Crippen LogP contribution in [0.1, 0.15) is 23.1 Å². The number of rotatable bonds is 7. The molecular weight excluding hydrogens is 541 g/mol. The molecular formula is C28H19F3N6O4. The number of aromatic nitrogens is 5. The van der Waals surface area contributed by atoms with Crippen molar-refractivity contribution in [1.29, 1.82) is 0 Å². The van der Waals surface area contributed by atoms with E-state index in [1.54, 1.807) is 18.2 Å². The Balaban J connectivity index is 1.17. The molecule has 0 spiro atoms. The molecule has 1 amide bonds. The van der Waals surface area contributed by atoms with E-state index in [1.165, 1.54) is 36.4 Å². The summed E-state index contributed by atoms with van der Waals surface area (Å²) in [6, 6.07) is 21.1. The van der Waals surface area contributed by atoms with Crippen LogP contribution in [-0.4, -0.2) is 36.3 Å². The van der Waals surface area contributed by atoms with Gasteiger partial charge in [0.05, 0.1) is 17.6 Å². The molecule has 1 atom stereocenters. The number of carbonyl (C=O) groups is 1. The minimum absolute atomic E-state index is 0.0267. The summed E-state index contributed by atoms with van der Waals surface area (Å²) in [5.41, 5.74) is 0.914. The van der Waals surface area contributed by atoms with Crippen LogP contribution in [0.25, 0.3) is 45.3 Å². The Kier molecular flexibility index (Phi) is 6.55. The average molecular weight is 560 g/mol. The van der Waals surface area contributed by atoms with Gasteiger partial charge in [-0.3, -0.25) is 4.79 Å². The minimum Gasteiger partial charge on any atom is -0.378 e. The van der Waals surface area contributed by atoms with Crippen LogP contribution in [0.3, 0.4) is 0 Å². The van der Waals surface area contributed by atoms with Crippen molar-refractivity contribution in [1.82, 2.24) is 30.6 Å². The topological polar surface area (TPSA) is 143 Å². The van der Waals surface area contributed by atoms with Crippen LogP contribution in [-0.2, 0) is 17.5 Å². The molecule has 6 aromatic rings. The third-order valence-electron chi connectivity index (χ3n) is 6.24. The molecule has 3 heterocycles. The molecule has 41 heavy (non-hydrogen) atoms. The highest BCUT2D eigenvalue weighted by Gasteiger charge is 2.43. The molecule has 0 radical (unpaired) electrons. The third-order valence-corrected chi connectivity index (χ3v) is 6.24. The van der Waals surface area contributed by atoms with E-state index in [-0.39, 0.29) is 23.5 Å². The third kappa shape index (κ3) is 5.17. The number of aliphatic hydroxyl groups excluding tert-OH is 1. The standard InChI is InChI=1S/C28H19F3N6O4/c29-28(30,31)21-22(15-6-2-1-3-7-15)36-40-24(21)27-35-25(37-41-27)17-12-10-16(11-13-17)23(38)26(39)32-14-20-33-18-8-4-5-9-19(18)34-20/h1-13,23,38H,14H2,(H,32,39)(H,33,34)/t23-/m1/s1. The van der Waals surface area contributed by atoms with Gasteiger partial charge in [-0.05, 0) is 17.7 Å². The zero-order valence-electron chi connectivity index (χ0n) is 20.9. The molecule has 3 aromatic carbocycles. The second kappa shape index (κ2) is 10.4. The summed E-state index contributed by atoms with van der Waals surface area (Å²) in [6.45, 7) is 0.0851. The number of nitrogens with zero attached hydrogens (tertiary/aromatic N) is 4. The van der Waals surface area contributed by atoms with E-state index in [0.717, 1.165) is 11.0 Å². The van der Waals surface area contributed by atoms with Gasteiger partial charge in [-0.1, -0.05) is 77.0 Å². The molecule has 206 valence electrons. The number of para-hydroxylation sites is 2. The maximum absolute atomic E-state index is 14.0. The molecule has 10 nitrogen and oxygen atoms in total. The van der Waals surface area contributed by atoms with Crippen molar-refractivity contribution in [2.24, 2.45) is 0 Å². The number of carbonyl (C=O) groups excluding carboxylic acids is 1. The van der Waals surface area contributed by atoms with Crippen LogP contribution >= 0.6 is 0 Å². The number of halogens is 3. The van der Waals surface area contributed by atoms with Crippen molar-refractivity contribution in [2.75, 3.05) is 0 Å². The van der Waals surface area contributed by atoms with E-state index in [4.69, 9.17) is 9.05 Å². The monoisotopic (exact) mass is 560 g/mol. The van der Waals surface area contributed by atoms with E-state index in [2.05, 4.69) is 30.6 Å². The number of H-pyrrole nitrogens is 1. The number of alkyl halides is 3. The van der Waals surface area contributed by atoms with Gasteiger partial charge in [0.2, 0.25) is 11.6 Å². The summed E-state index contributed by atoms with van der Waals surface area (Å²) in [6.07, 6.45) is -6.29. The van der Waals surface area contributed by atoms with Gasteiger partial charge in [0, 0.05) is 11.1 Å². The number of fused-ring (bicyclic) bond motifs is 1. The van der Waals surface area contributed by atoms with Crippen LogP contribution in [0, 0.1) is 0 Å². The number of imidazole rings is 1. The van der Waals surface area contributed by atoms with Gasteiger partial charge < -0.3 is 24.5 Å². The number of amides is 1. The number of aliphatic hydroxyl groups is 1. The van der Waals surface area contributed by atoms with Crippen molar-refractivity contribution in [3.8, 4) is 34.3 Å². The summed E-state index contributed by atoms with van der Waals surface area (Å²) in [5, 5.41) is 20.5. The average Bonchev–Trinajstić information content (AvgIpc) is 3.73. The maximum atomic E-state index is 14.0. The fourth-order valence-electron chi connectivity index (χ4n) is 4.25. The van der Waals surface area contributed by atoms with E-state index in [9.17, 15) is 23.1 Å². The predicted octanol–water partition coefficient (Wildman–Crippen LogP) is 5.30. The quantitative estimate of drug-likeness (QED) is 0.239. The van der Waals surface area contributed by atoms with Crippen LogP contribution in [0.4, 0.5) is 13.2 Å². The van der Waals surface area contributed by atoms with Gasteiger partial charge in [-0.15, -0.1) is 0 Å². The van der Waals surface area contributed by atoms with Gasteiger partial charge in [-0.2, -0.15) is 18.2 Å². The van der Waals surface area contributed by atoms with E-state index in [0.29, 0.717) is 11.4 Å². The first kappa shape index (κ1) is 26.0. The molecule has 0 aliphatic carbocycles. The highest BCUT2D eigenvalue weighted by Crippen LogP contribution is 2.43. The lowest BCUT2D eigenvalue weighted by molar-refractivity contribution is -0.137. The van der Waals surface area contributed by atoms with Crippen molar-refractivity contribution in [2.45, 2.75) is 18.8 Å². The first-order valence-electron chi connectivity index (χ1n) is 12.2. The fraction of sp³-hybridized carbons (Fsp3) is 0.107. The lowest BCUT2D eigenvalue weighted by Gasteiger charge is -2.11. The SMILES string of the molecule is O=C(NCc1nc2ccccc2[nH]1)[C@H](O)c1ccc(-c2noc(-c3onc(-c4ccccc4)c3C(F)(F)F)n2)cc1. The lowest BCUT2D eigenvalue weighted by atomic mass is 10.1. The molecule has 6 rings (SSSR count). The number of nitrogens with one attached hydrogen (secondary N) is 2. The van der Waals surface area contributed by atoms with Gasteiger partial charge in [0.25, 0.3) is 11.8 Å². The number of hydrogen-bond donors (Lipinski definition) is 3. The van der Waals surface area contributed by atoms with Gasteiger partial charge in [0.15, 0.2) is 6.10 Å². The van der Waals surface area contributed by atoms with Crippen LogP contribution in [0.15, 0.2) is 87.9 Å². The number of aromatic amines is 1. The lowest BCUT2D eigenvalue weighted by Crippen LogP contribution is -2.29. The van der Waals surface area contributed by atoms with E-state index in [1.807, 2.05) is 24.3 Å². The molecule has 0 fully saturated rings. The second-order valence-electron chi connectivity index (χ2n) is 8.97. The van der Waals surface area contributed by atoms with Crippen LogP contribution in [0.5, 0.6) is 0 Å². The van der Waals surface area contributed by atoms with Crippen molar-refractivity contribution < 1.29 is 32.1 Å². The molecule has 0 saturated carbocycles. The van der Waals surface area contributed by atoms with E-state index >= 15 is 0 Å². The molecule has 3 aromatic heterocycles. The summed E-state index contributed by atoms with van der Waals surface area (Å²) in [7, 11) is 0. The Hall–Kier alpha value is -5.30. The highest BCUT2D eigenvalue weighted by atomic mass is 19.4. The Morgan fingerprint density at radius 3 is 2.37 bits per heavy atom. The molecule has 3 N–H and O–H groups in total. The first-order valence-corrected chi connectivity index (χ1v) is 12.2. The van der Waals surface area contributed by atoms with E-state index < -0.39 is 41.1 Å². The minimum atomic E-state index is -4.81. The smallest absolute Gasteiger partial charge is 0.378 e. The first-order chi connectivity index (χ1) is 19.8. The summed E-state index contributed by atoms with van der Waals surface area (Å²) in [4.78, 5) is 24.0. The second-order valence-corrected chi connectivity index (χ2v) is 8.97. The van der Waals surface area contributed by atoms with Gasteiger partial charge >= 0.3 is 6.18 Å². The van der Waals surface area contributed by atoms with Crippen molar-refractivity contribution in [3.63, 3.8) is 0 Å². The Bertz CT molecular complexity index is 1790. The van der Waals surface area contributed by atoms with Crippen LogP contribution < -0.4 is 5.32 Å². The normalized spacial score (nSPS) is 12.5. The molecule has 13 heteroatoms. The predicted molar refractivity (Wildman–Crippen MR) is 139 cm³/mol. The zero-order valence-corrected chi connectivity index (χ0v) is 20.9. The Morgan fingerprint density at radius 1 is 0.902 bits per heavy atom. The summed E-state index contributed by atoms with van der Waals surface area (Å²) in [5.74, 6) is -1.34.